The number of nitrogens with zero attached hydrogens (tertiary/aromatic N) is 2. The molecule has 0 N–H and O–H groups in total. The Bertz CT molecular complexity index is 621. The van der Waals surface area contributed by atoms with Gasteiger partial charge in [0.25, 0.3) is 0 Å². The molecule has 1 aromatic carbocycles. The van der Waals surface area contributed by atoms with Gasteiger partial charge < -0.3 is 0 Å². The third-order valence-electron chi connectivity index (χ3n) is 3.65. The van der Waals surface area contributed by atoms with Gasteiger partial charge in [-0.2, -0.15) is 12.7 Å². The van der Waals surface area contributed by atoms with E-state index in [2.05, 4.69) is 0 Å². The Morgan fingerprint density at radius 3 is 2.50 bits per heavy atom. The maximum Gasteiger partial charge on any atom is 0.304 e. The number of hydrogen-bond donors (Lipinski definition) is 0. The molecule has 1 aliphatic rings. The van der Waals surface area contributed by atoms with Crippen LogP contribution in [0, 0.1) is 0 Å². The Kier molecular flexibility index (Phi) is 4.15. The summed E-state index contributed by atoms with van der Waals surface area (Å²) in [7, 11) is -3.47. The number of anilines is 1. The normalized spacial score (nSPS) is 14.7. The number of carbonyl (C=O) groups is 1. The second-order valence-corrected chi connectivity index (χ2v) is 6.67. The van der Waals surface area contributed by atoms with Gasteiger partial charge in [0.05, 0.1) is 5.69 Å². The van der Waals surface area contributed by atoms with Crippen LogP contribution in [0.4, 0.5) is 5.69 Å². The molecule has 1 aromatic rings. The van der Waals surface area contributed by atoms with Gasteiger partial charge >= 0.3 is 10.2 Å². The van der Waals surface area contributed by atoms with Crippen LogP contribution in [-0.2, 0) is 16.6 Å². The zero-order valence-corrected chi connectivity index (χ0v) is 12.9. The largest absolute Gasteiger partial charge is 0.304 e. The number of Topliss-reactive ketones (excluding diaryl/α,β-unsaturated/α-hetero) is 1. The lowest BCUT2D eigenvalue weighted by Crippen LogP contribution is -2.43. The summed E-state index contributed by atoms with van der Waals surface area (Å²) in [5.74, 6) is -0.00199. The van der Waals surface area contributed by atoms with Crippen LogP contribution in [0.15, 0.2) is 18.2 Å². The maximum absolute atomic E-state index is 12.6. The minimum absolute atomic E-state index is 0.00199. The lowest BCUT2D eigenvalue weighted by molar-refractivity contribution is 0.101. The van der Waals surface area contributed by atoms with Crippen molar-refractivity contribution in [2.75, 3.05) is 23.9 Å². The molecule has 0 saturated carbocycles. The molecule has 0 fully saturated rings. The van der Waals surface area contributed by atoms with Gasteiger partial charge in [0.15, 0.2) is 5.78 Å². The molecule has 2 rings (SSSR count). The number of hydrogen-bond acceptors (Lipinski definition) is 3. The van der Waals surface area contributed by atoms with E-state index in [9.17, 15) is 13.2 Å². The van der Waals surface area contributed by atoms with E-state index >= 15 is 0 Å². The molecule has 0 spiro atoms. The molecule has 0 unspecified atom stereocenters. The van der Waals surface area contributed by atoms with Crippen molar-refractivity contribution in [2.24, 2.45) is 0 Å². The van der Waals surface area contributed by atoms with Crippen molar-refractivity contribution in [3.63, 3.8) is 0 Å². The molecule has 1 heterocycles. The lowest BCUT2D eigenvalue weighted by atomic mass is 10.1. The molecule has 0 atom stereocenters. The predicted octanol–water partition coefficient (Wildman–Crippen LogP) is 1.84. The molecule has 0 bridgehead atoms. The molecule has 110 valence electrons. The molecule has 0 aromatic heterocycles. The monoisotopic (exact) mass is 296 g/mol. The number of fused-ring (bicyclic) bond motifs is 1. The van der Waals surface area contributed by atoms with E-state index in [4.69, 9.17) is 0 Å². The standard InChI is InChI=1S/C14H20N2O3S/c1-4-15(5-2)20(18,19)16-9-8-13-10-12(11(3)17)6-7-14(13)16/h6-7,10H,4-5,8-9H2,1-3H3. The molecule has 5 nitrogen and oxygen atoms in total. The quantitative estimate of drug-likeness (QED) is 0.779. The van der Waals surface area contributed by atoms with E-state index in [0.29, 0.717) is 37.3 Å². The van der Waals surface area contributed by atoms with Crippen LogP contribution in [-0.4, -0.2) is 38.1 Å². The minimum Gasteiger partial charge on any atom is -0.295 e. The van der Waals surface area contributed by atoms with Crippen LogP contribution in [0.25, 0.3) is 0 Å². The van der Waals surface area contributed by atoms with Crippen molar-refractivity contribution < 1.29 is 13.2 Å². The van der Waals surface area contributed by atoms with E-state index in [-0.39, 0.29) is 5.78 Å². The lowest BCUT2D eigenvalue weighted by Gasteiger charge is -2.27. The molecule has 0 amide bonds. The highest BCUT2D eigenvalue weighted by molar-refractivity contribution is 7.90. The van der Waals surface area contributed by atoms with E-state index in [1.807, 2.05) is 13.8 Å². The first kappa shape index (κ1) is 15.0. The summed E-state index contributed by atoms with van der Waals surface area (Å²) in [6.07, 6.45) is 0.650. The van der Waals surface area contributed by atoms with Gasteiger partial charge in [-0.15, -0.1) is 0 Å². The van der Waals surface area contributed by atoms with Crippen LogP contribution in [0.5, 0.6) is 0 Å². The Morgan fingerprint density at radius 2 is 1.95 bits per heavy atom. The van der Waals surface area contributed by atoms with Gasteiger partial charge in [0.2, 0.25) is 0 Å². The highest BCUT2D eigenvalue weighted by atomic mass is 32.2. The van der Waals surface area contributed by atoms with Crippen molar-refractivity contribution in [1.29, 1.82) is 0 Å². The first-order chi connectivity index (χ1) is 9.41. The second kappa shape index (κ2) is 5.54. The highest BCUT2D eigenvalue weighted by Gasteiger charge is 2.33. The number of rotatable bonds is 5. The third kappa shape index (κ3) is 2.45. The zero-order chi connectivity index (χ0) is 14.9. The molecular formula is C14H20N2O3S. The SMILES string of the molecule is CCN(CC)S(=O)(=O)N1CCc2cc(C(C)=O)ccc21. The van der Waals surface area contributed by atoms with Gasteiger partial charge in [0.1, 0.15) is 0 Å². The molecule has 0 aliphatic carbocycles. The molecule has 1 aliphatic heterocycles. The Labute approximate surface area is 120 Å². The average molecular weight is 296 g/mol. The topological polar surface area (TPSA) is 57.7 Å². The fourth-order valence-electron chi connectivity index (χ4n) is 2.52. The van der Waals surface area contributed by atoms with Gasteiger partial charge in [-0.3, -0.25) is 9.10 Å². The van der Waals surface area contributed by atoms with Gasteiger partial charge in [0, 0.05) is 25.2 Å². The van der Waals surface area contributed by atoms with Crippen LogP contribution < -0.4 is 4.31 Å². The average Bonchev–Trinajstić information content (AvgIpc) is 2.83. The molecular weight excluding hydrogens is 276 g/mol. The van der Waals surface area contributed by atoms with Gasteiger partial charge in [-0.25, -0.2) is 0 Å². The molecule has 6 heteroatoms. The fourth-order valence-corrected chi connectivity index (χ4v) is 4.20. The first-order valence-electron chi connectivity index (χ1n) is 6.83. The highest BCUT2D eigenvalue weighted by Crippen LogP contribution is 2.32. The Balaban J connectivity index is 2.40. The van der Waals surface area contributed by atoms with E-state index in [1.165, 1.54) is 15.5 Å². The van der Waals surface area contributed by atoms with Crippen molar-refractivity contribution in [1.82, 2.24) is 4.31 Å². The number of carbonyl (C=O) groups excluding carboxylic acids is 1. The number of benzene rings is 1. The molecule has 0 radical (unpaired) electrons. The van der Waals surface area contributed by atoms with Crippen LogP contribution >= 0.6 is 0 Å². The summed E-state index contributed by atoms with van der Waals surface area (Å²) >= 11 is 0. The maximum atomic E-state index is 12.6. The Hall–Kier alpha value is -1.40. The minimum atomic E-state index is -3.47. The summed E-state index contributed by atoms with van der Waals surface area (Å²) in [4.78, 5) is 11.4. The summed E-state index contributed by atoms with van der Waals surface area (Å²) < 4.78 is 28.0. The first-order valence-corrected chi connectivity index (χ1v) is 8.23. The fraction of sp³-hybridized carbons (Fsp3) is 0.500. The molecule has 20 heavy (non-hydrogen) atoms. The van der Waals surface area contributed by atoms with E-state index in [0.717, 1.165) is 5.56 Å². The van der Waals surface area contributed by atoms with Crippen LogP contribution in [0.3, 0.4) is 0 Å². The van der Waals surface area contributed by atoms with Crippen molar-refractivity contribution >= 4 is 21.7 Å². The second-order valence-electron chi connectivity index (χ2n) is 4.81. The van der Waals surface area contributed by atoms with E-state index in [1.54, 1.807) is 18.2 Å². The van der Waals surface area contributed by atoms with Crippen LogP contribution in [0.2, 0.25) is 0 Å². The van der Waals surface area contributed by atoms with Gasteiger partial charge in [-0.1, -0.05) is 13.8 Å². The van der Waals surface area contributed by atoms with Crippen molar-refractivity contribution in [3.05, 3.63) is 29.3 Å². The van der Waals surface area contributed by atoms with E-state index < -0.39 is 10.2 Å². The molecule has 0 saturated heterocycles. The van der Waals surface area contributed by atoms with Crippen molar-refractivity contribution in [3.8, 4) is 0 Å². The Morgan fingerprint density at radius 1 is 1.30 bits per heavy atom. The predicted molar refractivity (Wildman–Crippen MR) is 79.3 cm³/mol. The number of ketones is 1. The van der Waals surface area contributed by atoms with Crippen molar-refractivity contribution in [2.45, 2.75) is 27.2 Å². The third-order valence-corrected chi connectivity index (χ3v) is 5.75. The summed E-state index contributed by atoms with van der Waals surface area (Å²) in [5, 5.41) is 0. The summed E-state index contributed by atoms with van der Waals surface area (Å²) in [6.45, 7) is 6.52. The zero-order valence-electron chi connectivity index (χ0n) is 12.1. The smallest absolute Gasteiger partial charge is 0.295 e. The summed E-state index contributed by atoms with van der Waals surface area (Å²) in [5.41, 5.74) is 2.25. The summed E-state index contributed by atoms with van der Waals surface area (Å²) in [6, 6.07) is 5.23. The van der Waals surface area contributed by atoms with Gasteiger partial charge in [-0.05, 0) is 37.1 Å². The van der Waals surface area contributed by atoms with Crippen LogP contribution in [0.1, 0.15) is 36.7 Å².